The van der Waals surface area contributed by atoms with Crippen LogP contribution in [-0.2, 0) is 16.6 Å². The largest absolute Gasteiger partial charge is 0.497 e. The summed E-state index contributed by atoms with van der Waals surface area (Å²) in [6.45, 7) is -0.0633. The van der Waals surface area contributed by atoms with Crippen molar-refractivity contribution < 1.29 is 22.3 Å². The minimum absolute atomic E-state index is 0.0157. The summed E-state index contributed by atoms with van der Waals surface area (Å²) in [7, 11) is -0.902. The lowest BCUT2D eigenvalue weighted by Crippen LogP contribution is -2.24. The van der Waals surface area contributed by atoms with E-state index in [9.17, 15) is 8.42 Å². The summed E-state index contributed by atoms with van der Waals surface area (Å²) < 4.78 is 43.2. The molecule has 3 aromatic rings. The molecule has 0 spiro atoms. The van der Waals surface area contributed by atoms with Crippen molar-refractivity contribution >= 4 is 21.1 Å². The van der Waals surface area contributed by atoms with Gasteiger partial charge in [-0.3, -0.25) is 0 Å². The predicted molar refractivity (Wildman–Crippen MR) is 87.6 cm³/mol. The smallest absolute Gasteiger partial charge is 0.244 e. The van der Waals surface area contributed by atoms with Crippen molar-refractivity contribution in [2.45, 2.75) is 11.4 Å². The molecule has 0 radical (unpaired) electrons. The number of rotatable bonds is 6. The minimum Gasteiger partial charge on any atom is -0.497 e. The maximum absolute atomic E-state index is 12.5. The molecule has 1 heterocycles. The molecule has 126 valence electrons. The van der Waals surface area contributed by atoms with Crippen LogP contribution in [0.2, 0.25) is 0 Å². The number of para-hydroxylation sites is 2. The molecule has 0 unspecified atom stereocenters. The molecule has 0 saturated carbocycles. The van der Waals surface area contributed by atoms with Gasteiger partial charge >= 0.3 is 0 Å². The average Bonchev–Trinajstić information content (AvgIpc) is 3.02. The quantitative estimate of drug-likeness (QED) is 0.735. The number of nitrogens with zero attached hydrogens (tertiary/aromatic N) is 1. The standard InChI is InChI=1S/C16H16N2O5S/c1-21-11-7-8-15(14(9-11)22-2)24(19,20)17-10-16-18-12-5-3-4-6-13(12)23-16/h3-9,17H,10H2,1-2H3. The zero-order chi connectivity index (χ0) is 17.2. The zero-order valence-electron chi connectivity index (χ0n) is 13.1. The van der Waals surface area contributed by atoms with Gasteiger partial charge in [0.1, 0.15) is 21.9 Å². The maximum atomic E-state index is 12.5. The molecule has 8 heteroatoms. The lowest BCUT2D eigenvalue weighted by atomic mass is 10.3. The first-order chi connectivity index (χ1) is 11.5. The Morgan fingerprint density at radius 2 is 1.92 bits per heavy atom. The maximum Gasteiger partial charge on any atom is 0.244 e. The monoisotopic (exact) mass is 348 g/mol. The third-order valence-corrected chi connectivity index (χ3v) is 4.85. The normalized spacial score (nSPS) is 11.6. The molecule has 0 fully saturated rings. The Hall–Kier alpha value is -2.58. The van der Waals surface area contributed by atoms with E-state index >= 15 is 0 Å². The Balaban J connectivity index is 1.83. The van der Waals surface area contributed by atoms with Crippen LogP contribution >= 0.6 is 0 Å². The van der Waals surface area contributed by atoms with E-state index < -0.39 is 10.0 Å². The highest BCUT2D eigenvalue weighted by Crippen LogP contribution is 2.28. The first-order valence-electron chi connectivity index (χ1n) is 7.09. The topological polar surface area (TPSA) is 90.7 Å². The molecule has 24 heavy (non-hydrogen) atoms. The fraction of sp³-hybridized carbons (Fsp3) is 0.188. The van der Waals surface area contributed by atoms with Gasteiger partial charge in [-0.05, 0) is 24.3 Å². The summed E-state index contributed by atoms with van der Waals surface area (Å²) >= 11 is 0. The highest BCUT2D eigenvalue weighted by Gasteiger charge is 2.21. The second kappa shape index (κ2) is 6.50. The first kappa shape index (κ1) is 16.3. The van der Waals surface area contributed by atoms with Crippen LogP contribution in [0.15, 0.2) is 51.8 Å². The van der Waals surface area contributed by atoms with Crippen LogP contribution in [0, 0.1) is 0 Å². The molecule has 1 N–H and O–H groups in total. The summed E-state index contributed by atoms with van der Waals surface area (Å²) in [5, 5.41) is 0. The Labute approximate surface area is 139 Å². The number of ether oxygens (including phenoxy) is 2. The number of aromatic nitrogens is 1. The number of benzene rings is 2. The fourth-order valence-corrected chi connectivity index (χ4v) is 3.35. The van der Waals surface area contributed by atoms with Gasteiger partial charge in [-0.25, -0.2) is 18.1 Å². The van der Waals surface area contributed by atoms with Crippen molar-refractivity contribution in [3.05, 3.63) is 48.4 Å². The predicted octanol–water partition coefficient (Wildman–Crippen LogP) is 2.32. The van der Waals surface area contributed by atoms with Gasteiger partial charge in [0.15, 0.2) is 5.58 Å². The number of nitrogens with one attached hydrogen (secondary N) is 1. The van der Waals surface area contributed by atoms with Crippen molar-refractivity contribution in [3.8, 4) is 11.5 Å². The van der Waals surface area contributed by atoms with E-state index in [0.29, 0.717) is 16.8 Å². The highest BCUT2D eigenvalue weighted by atomic mass is 32.2. The molecule has 3 rings (SSSR count). The van der Waals surface area contributed by atoms with E-state index in [-0.39, 0.29) is 23.1 Å². The lowest BCUT2D eigenvalue weighted by Gasteiger charge is -2.11. The Kier molecular flexibility index (Phi) is 4.41. The van der Waals surface area contributed by atoms with Gasteiger partial charge in [-0.1, -0.05) is 12.1 Å². The Morgan fingerprint density at radius 3 is 2.62 bits per heavy atom. The van der Waals surface area contributed by atoms with Crippen LogP contribution in [0.5, 0.6) is 11.5 Å². The van der Waals surface area contributed by atoms with E-state index in [1.165, 1.54) is 26.4 Å². The van der Waals surface area contributed by atoms with Crippen molar-refractivity contribution in [3.63, 3.8) is 0 Å². The second-order valence-corrected chi connectivity index (χ2v) is 6.65. The van der Waals surface area contributed by atoms with Gasteiger partial charge in [0.2, 0.25) is 15.9 Å². The van der Waals surface area contributed by atoms with Crippen molar-refractivity contribution in [2.24, 2.45) is 0 Å². The van der Waals surface area contributed by atoms with Gasteiger partial charge in [0.25, 0.3) is 0 Å². The summed E-state index contributed by atoms with van der Waals surface area (Å²) in [6.07, 6.45) is 0. The van der Waals surface area contributed by atoms with Crippen LogP contribution in [0.3, 0.4) is 0 Å². The summed E-state index contributed by atoms with van der Waals surface area (Å²) in [4.78, 5) is 4.25. The Morgan fingerprint density at radius 1 is 1.12 bits per heavy atom. The molecule has 0 aliphatic rings. The minimum atomic E-state index is -3.79. The van der Waals surface area contributed by atoms with Crippen LogP contribution in [0.4, 0.5) is 0 Å². The number of hydrogen-bond acceptors (Lipinski definition) is 6. The molecule has 1 aromatic heterocycles. The van der Waals surface area contributed by atoms with Gasteiger partial charge < -0.3 is 13.9 Å². The zero-order valence-corrected chi connectivity index (χ0v) is 14.0. The molecular formula is C16H16N2O5S. The SMILES string of the molecule is COc1ccc(S(=O)(=O)NCc2nc3ccccc3o2)c(OC)c1. The molecule has 0 amide bonds. The van der Waals surface area contributed by atoms with Crippen LogP contribution in [0.25, 0.3) is 11.1 Å². The number of fused-ring (bicyclic) bond motifs is 1. The van der Waals surface area contributed by atoms with E-state index in [2.05, 4.69) is 9.71 Å². The summed E-state index contributed by atoms with van der Waals surface area (Å²) in [5.41, 5.74) is 1.28. The van der Waals surface area contributed by atoms with Crippen molar-refractivity contribution in [2.75, 3.05) is 14.2 Å². The molecular weight excluding hydrogens is 332 g/mol. The fourth-order valence-electron chi connectivity index (χ4n) is 2.23. The van der Waals surface area contributed by atoms with Gasteiger partial charge in [-0.2, -0.15) is 0 Å². The third-order valence-electron chi connectivity index (χ3n) is 3.41. The lowest BCUT2D eigenvalue weighted by molar-refractivity contribution is 0.385. The first-order valence-corrected chi connectivity index (χ1v) is 8.58. The summed E-state index contributed by atoms with van der Waals surface area (Å²) in [5.74, 6) is 0.983. The van der Waals surface area contributed by atoms with E-state index in [4.69, 9.17) is 13.9 Å². The second-order valence-electron chi connectivity index (χ2n) is 4.92. The molecule has 7 nitrogen and oxygen atoms in total. The van der Waals surface area contributed by atoms with Crippen LogP contribution < -0.4 is 14.2 Å². The van der Waals surface area contributed by atoms with E-state index in [1.807, 2.05) is 12.1 Å². The average molecular weight is 348 g/mol. The molecule has 0 aliphatic heterocycles. The number of oxazole rings is 1. The molecule has 0 bridgehead atoms. The van der Waals surface area contributed by atoms with Gasteiger partial charge in [0, 0.05) is 6.07 Å². The molecule has 0 aliphatic carbocycles. The van der Waals surface area contributed by atoms with Gasteiger partial charge in [-0.15, -0.1) is 0 Å². The summed E-state index contributed by atoms with van der Waals surface area (Å²) in [6, 6.07) is 11.7. The highest BCUT2D eigenvalue weighted by molar-refractivity contribution is 7.89. The van der Waals surface area contributed by atoms with Crippen LogP contribution in [-0.4, -0.2) is 27.6 Å². The van der Waals surface area contributed by atoms with E-state index in [1.54, 1.807) is 18.2 Å². The van der Waals surface area contributed by atoms with Crippen molar-refractivity contribution in [1.82, 2.24) is 9.71 Å². The number of hydrogen-bond donors (Lipinski definition) is 1. The van der Waals surface area contributed by atoms with Crippen molar-refractivity contribution in [1.29, 1.82) is 0 Å². The van der Waals surface area contributed by atoms with Crippen LogP contribution in [0.1, 0.15) is 5.89 Å². The molecule has 2 aromatic carbocycles. The molecule has 0 atom stereocenters. The molecule has 0 saturated heterocycles. The van der Waals surface area contributed by atoms with Gasteiger partial charge in [0.05, 0.1) is 20.8 Å². The number of methoxy groups -OCH3 is 2. The van der Waals surface area contributed by atoms with E-state index in [0.717, 1.165) is 0 Å². The third kappa shape index (κ3) is 3.19. The Bertz CT molecular complexity index is 933. The number of sulfonamides is 1.